The molecule has 0 fully saturated rings. The van der Waals surface area contributed by atoms with E-state index in [0.717, 1.165) is 11.3 Å². The highest BCUT2D eigenvalue weighted by molar-refractivity contribution is 5.28. The fraction of sp³-hybridized carbons (Fsp3) is 0.455. The minimum atomic E-state index is -0.344. The van der Waals surface area contributed by atoms with Gasteiger partial charge in [0.15, 0.2) is 0 Å². The Balaban J connectivity index is 2.59. The maximum atomic E-state index is 9.19. The molecule has 1 atom stereocenters. The van der Waals surface area contributed by atoms with Crippen LogP contribution in [0.3, 0.4) is 0 Å². The van der Waals surface area contributed by atoms with Crippen LogP contribution in [-0.4, -0.2) is 29.5 Å². The van der Waals surface area contributed by atoms with Gasteiger partial charge in [-0.15, -0.1) is 0 Å². The molecule has 14 heavy (non-hydrogen) atoms. The van der Waals surface area contributed by atoms with Crippen LogP contribution >= 0.6 is 0 Å². The average Bonchev–Trinajstić information content (AvgIpc) is 2.14. The van der Waals surface area contributed by atoms with Crippen molar-refractivity contribution >= 4 is 0 Å². The molecule has 1 aromatic rings. The third-order valence-electron chi connectivity index (χ3n) is 1.79. The molecule has 2 N–H and O–H groups in total. The second-order valence-corrected chi connectivity index (χ2v) is 3.27. The second-order valence-electron chi connectivity index (χ2n) is 3.27. The van der Waals surface area contributed by atoms with E-state index in [4.69, 9.17) is 9.84 Å². The molecule has 0 spiro atoms. The van der Waals surface area contributed by atoms with Gasteiger partial charge < -0.3 is 14.9 Å². The summed E-state index contributed by atoms with van der Waals surface area (Å²) in [5.74, 6) is 0.734. The van der Waals surface area contributed by atoms with Crippen LogP contribution in [0.25, 0.3) is 0 Å². The van der Waals surface area contributed by atoms with Crippen molar-refractivity contribution in [2.24, 2.45) is 0 Å². The fourth-order valence-electron chi connectivity index (χ4n) is 1.27. The van der Waals surface area contributed by atoms with E-state index >= 15 is 0 Å². The highest BCUT2D eigenvalue weighted by Crippen LogP contribution is 2.14. The van der Waals surface area contributed by atoms with E-state index in [0.29, 0.717) is 13.0 Å². The number of hydrogen-bond donors (Lipinski definition) is 2. The number of aliphatic hydroxyl groups excluding tert-OH is 2. The zero-order valence-electron chi connectivity index (χ0n) is 8.31. The molecule has 0 saturated carbocycles. The topological polar surface area (TPSA) is 49.7 Å². The molecule has 0 aliphatic rings. The van der Waals surface area contributed by atoms with E-state index in [-0.39, 0.29) is 12.7 Å². The lowest BCUT2D eigenvalue weighted by Gasteiger charge is -2.07. The first-order chi connectivity index (χ1) is 6.72. The van der Waals surface area contributed by atoms with Crippen molar-refractivity contribution in [3.05, 3.63) is 29.8 Å². The van der Waals surface area contributed by atoms with Crippen molar-refractivity contribution in [2.45, 2.75) is 19.4 Å². The van der Waals surface area contributed by atoms with E-state index < -0.39 is 0 Å². The quantitative estimate of drug-likeness (QED) is 0.738. The minimum absolute atomic E-state index is 0.0145. The number of rotatable bonds is 5. The maximum absolute atomic E-state index is 9.19. The molecule has 0 saturated heterocycles. The van der Waals surface area contributed by atoms with Crippen LogP contribution in [0.1, 0.15) is 12.5 Å². The lowest BCUT2D eigenvalue weighted by molar-refractivity contribution is 0.194. The van der Waals surface area contributed by atoms with Gasteiger partial charge in [0.1, 0.15) is 12.4 Å². The van der Waals surface area contributed by atoms with Gasteiger partial charge in [0, 0.05) is 0 Å². The Kier molecular flexibility index (Phi) is 4.43. The van der Waals surface area contributed by atoms with Crippen LogP contribution in [0.2, 0.25) is 0 Å². The van der Waals surface area contributed by atoms with Gasteiger partial charge in [-0.2, -0.15) is 0 Å². The molecular formula is C11H16O3. The summed E-state index contributed by atoms with van der Waals surface area (Å²) in [5.41, 5.74) is 1.04. The number of hydrogen-bond acceptors (Lipinski definition) is 3. The van der Waals surface area contributed by atoms with Gasteiger partial charge in [0.2, 0.25) is 0 Å². The summed E-state index contributed by atoms with van der Waals surface area (Å²) < 4.78 is 5.25. The molecule has 78 valence electrons. The predicted octanol–water partition coefficient (Wildman–Crippen LogP) is 0.981. The van der Waals surface area contributed by atoms with Crippen molar-refractivity contribution in [3.8, 4) is 5.75 Å². The Morgan fingerprint density at radius 2 is 2.21 bits per heavy atom. The van der Waals surface area contributed by atoms with Crippen LogP contribution < -0.4 is 4.74 Å². The molecule has 1 unspecified atom stereocenters. The molecule has 0 heterocycles. The third kappa shape index (κ3) is 3.77. The zero-order valence-corrected chi connectivity index (χ0v) is 8.31. The Bertz CT molecular complexity index is 271. The van der Waals surface area contributed by atoms with Gasteiger partial charge >= 0.3 is 0 Å². The summed E-state index contributed by atoms with van der Waals surface area (Å²) in [6.45, 7) is 2.07. The van der Waals surface area contributed by atoms with Crippen LogP contribution in [0.15, 0.2) is 24.3 Å². The van der Waals surface area contributed by atoms with Crippen molar-refractivity contribution in [2.75, 3.05) is 13.2 Å². The van der Waals surface area contributed by atoms with Gasteiger partial charge in [-0.1, -0.05) is 12.1 Å². The lowest BCUT2D eigenvalue weighted by atomic mass is 10.1. The SMILES string of the molecule is CC(O)Cc1cccc(OCCO)c1. The van der Waals surface area contributed by atoms with Gasteiger partial charge in [-0.05, 0) is 31.0 Å². The third-order valence-corrected chi connectivity index (χ3v) is 1.79. The van der Waals surface area contributed by atoms with Crippen LogP contribution in [-0.2, 0) is 6.42 Å². The second kappa shape index (κ2) is 5.62. The summed E-state index contributed by atoms with van der Waals surface area (Å²) in [5, 5.41) is 17.8. The van der Waals surface area contributed by atoms with E-state index in [1.807, 2.05) is 24.3 Å². The van der Waals surface area contributed by atoms with E-state index in [2.05, 4.69) is 0 Å². The first-order valence-electron chi connectivity index (χ1n) is 4.73. The normalized spacial score (nSPS) is 12.5. The summed E-state index contributed by atoms with van der Waals surface area (Å²) in [4.78, 5) is 0. The smallest absolute Gasteiger partial charge is 0.119 e. The average molecular weight is 196 g/mol. The number of ether oxygens (including phenoxy) is 1. The molecule has 0 aliphatic heterocycles. The van der Waals surface area contributed by atoms with E-state index in [1.54, 1.807) is 6.92 Å². The van der Waals surface area contributed by atoms with Crippen LogP contribution in [0.4, 0.5) is 0 Å². The van der Waals surface area contributed by atoms with Gasteiger partial charge in [0.05, 0.1) is 12.7 Å². The monoisotopic (exact) mass is 196 g/mol. The molecular weight excluding hydrogens is 180 g/mol. The zero-order chi connectivity index (χ0) is 10.4. The van der Waals surface area contributed by atoms with Crippen molar-refractivity contribution < 1.29 is 14.9 Å². The van der Waals surface area contributed by atoms with Gasteiger partial charge in [-0.3, -0.25) is 0 Å². The summed E-state index contributed by atoms with van der Waals surface area (Å²) in [6.07, 6.45) is 0.277. The Labute approximate surface area is 84.0 Å². The Hall–Kier alpha value is -1.06. The largest absolute Gasteiger partial charge is 0.491 e. The number of benzene rings is 1. The minimum Gasteiger partial charge on any atom is -0.491 e. The number of aliphatic hydroxyl groups is 2. The molecule has 0 aliphatic carbocycles. The van der Waals surface area contributed by atoms with Crippen LogP contribution in [0, 0.1) is 0 Å². The predicted molar refractivity (Wildman–Crippen MR) is 54.4 cm³/mol. The Morgan fingerprint density at radius 1 is 1.43 bits per heavy atom. The van der Waals surface area contributed by atoms with Crippen molar-refractivity contribution in [3.63, 3.8) is 0 Å². The lowest BCUT2D eigenvalue weighted by Crippen LogP contribution is -2.05. The highest BCUT2D eigenvalue weighted by Gasteiger charge is 2.00. The van der Waals surface area contributed by atoms with E-state index in [9.17, 15) is 5.11 Å². The highest BCUT2D eigenvalue weighted by atomic mass is 16.5. The van der Waals surface area contributed by atoms with Crippen molar-refractivity contribution in [1.29, 1.82) is 0 Å². The molecule has 0 aromatic heterocycles. The first kappa shape index (κ1) is 11.0. The molecule has 1 rings (SSSR count). The fourth-order valence-corrected chi connectivity index (χ4v) is 1.27. The molecule has 3 heteroatoms. The maximum Gasteiger partial charge on any atom is 0.119 e. The molecule has 0 amide bonds. The molecule has 0 radical (unpaired) electrons. The van der Waals surface area contributed by atoms with E-state index in [1.165, 1.54) is 0 Å². The van der Waals surface area contributed by atoms with Crippen molar-refractivity contribution in [1.82, 2.24) is 0 Å². The van der Waals surface area contributed by atoms with Crippen LogP contribution in [0.5, 0.6) is 5.75 Å². The molecule has 0 bridgehead atoms. The van der Waals surface area contributed by atoms with Gasteiger partial charge in [-0.25, -0.2) is 0 Å². The summed E-state index contributed by atoms with van der Waals surface area (Å²) in [6, 6.07) is 7.53. The summed E-state index contributed by atoms with van der Waals surface area (Å²) >= 11 is 0. The summed E-state index contributed by atoms with van der Waals surface area (Å²) in [7, 11) is 0. The Morgan fingerprint density at radius 3 is 2.86 bits per heavy atom. The van der Waals surface area contributed by atoms with Gasteiger partial charge in [0.25, 0.3) is 0 Å². The molecule has 3 nitrogen and oxygen atoms in total. The molecule has 1 aromatic carbocycles. The standard InChI is InChI=1S/C11H16O3/c1-9(13)7-10-3-2-4-11(8-10)14-6-5-12/h2-4,8-9,12-13H,5-7H2,1H3. The first-order valence-corrected chi connectivity index (χ1v) is 4.73.